The number of rotatable bonds is 3. The Bertz CT molecular complexity index is 441. The molecule has 0 amide bonds. The van der Waals surface area contributed by atoms with Gasteiger partial charge >= 0.3 is 0 Å². The minimum Gasteiger partial charge on any atom is -0.431 e. The summed E-state index contributed by atoms with van der Waals surface area (Å²) in [5.41, 5.74) is 6.58. The van der Waals surface area contributed by atoms with Gasteiger partial charge in [0.1, 0.15) is 10.4 Å². The van der Waals surface area contributed by atoms with Crippen LogP contribution in [0.3, 0.4) is 0 Å². The second-order valence-corrected chi connectivity index (χ2v) is 4.52. The molecule has 2 rings (SSSR count). The van der Waals surface area contributed by atoms with Crippen LogP contribution in [-0.2, 0) is 6.54 Å². The molecule has 2 aromatic rings. The normalized spacial score (nSPS) is 10.3. The first-order valence-corrected chi connectivity index (χ1v) is 6.03. The van der Waals surface area contributed by atoms with Crippen LogP contribution in [-0.4, -0.2) is 4.98 Å². The van der Waals surface area contributed by atoms with Crippen molar-refractivity contribution in [1.82, 2.24) is 4.98 Å². The average Bonchev–Trinajstić information content (AvgIpc) is 2.65. The van der Waals surface area contributed by atoms with Gasteiger partial charge < -0.3 is 10.5 Å². The summed E-state index contributed by atoms with van der Waals surface area (Å²) in [6, 6.07) is 7.66. The summed E-state index contributed by atoms with van der Waals surface area (Å²) in [5.74, 6) is 0.772. The van der Waals surface area contributed by atoms with Gasteiger partial charge in [-0.25, -0.2) is 0 Å². The topological polar surface area (TPSA) is 48.1 Å². The van der Waals surface area contributed by atoms with Gasteiger partial charge in [-0.1, -0.05) is 23.5 Å². The Kier molecular flexibility index (Phi) is 3.35. The predicted octanol–water partition coefficient (Wildman–Crippen LogP) is 3.16. The van der Waals surface area contributed by atoms with Gasteiger partial charge in [-0.05, 0) is 33.6 Å². The molecule has 0 unspecified atom stereocenters. The van der Waals surface area contributed by atoms with E-state index < -0.39 is 0 Å². The molecule has 1 heterocycles. The minimum atomic E-state index is 0.545. The first kappa shape index (κ1) is 10.6. The van der Waals surface area contributed by atoms with Crippen molar-refractivity contribution < 1.29 is 4.74 Å². The standard InChI is InChI=1S/C10H9BrN2OS/c11-9-6-15-10(13-9)14-8-3-1-7(5-12)2-4-8/h1-4,6H,5,12H2. The zero-order valence-electron chi connectivity index (χ0n) is 7.81. The Morgan fingerprint density at radius 3 is 2.60 bits per heavy atom. The van der Waals surface area contributed by atoms with Crippen molar-refractivity contribution in [1.29, 1.82) is 0 Å². The van der Waals surface area contributed by atoms with Gasteiger partial charge in [-0.3, -0.25) is 0 Å². The fourth-order valence-corrected chi connectivity index (χ4v) is 2.19. The summed E-state index contributed by atoms with van der Waals surface area (Å²) in [5, 5.41) is 2.51. The largest absolute Gasteiger partial charge is 0.431 e. The van der Waals surface area contributed by atoms with Crippen LogP contribution in [0.5, 0.6) is 10.9 Å². The molecule has 3 nitrogen and oxygen atoms in total. The maximum atomic E-state index is 5.54. The van der Waals surface area contributed by atoms with Crippen molar-refractivity contribution in [3.8, 4) is 10.9 Å². The van der Waals surface area contributed by atoms with Gasteiger partial charge in [0.05, 0.1) is 0 Å². The van der Waals surface area contributed by atoms with Crippen LogP contribution in [0.4, 0.5) is 0 Å². The molecule has 0 aliphatic heterocycles. The Hall–Kier alpha value is -0.910. The third-order valence-electron chi connectivity index (χ3n) is 1.82. The monoisotopic (exact) mass is 284 g/mol. The highest BCUT2D eigenvalue weighted by molar-refractivity contribution is 9.10. The van der Waals surface area contributed by atoms with Crippen LogP contribution < -0.4 is 10.5 Å². The molecular formula is C10H9BrN2OS. The zero-order valence-corrected chi connectivity index (χ0v) is 10.2. The first-order chi connectivity index (χ1) is 7.28. The summed E-state index contributed by atoms with van der Waals surface area (Å²) >= 11 is 4.72. The van der Waals surface area contributed by atoms with Crippen molar-refractivity contribution in [2.45, 2.75) is 6.54 Å². The lowest BCUT2D eigenvalue weighted by molar-refractivity contribution is 0.478. The second-order valence-electron chi connectivity index (χ2n) is 2.89. The van der Waals surface area contributed by atoms with E-state index in [-0.39, 0.29) is 0 Å². The number of nitrogens with two attached hydrogens (primary N) is 1. The Morgan fingerprint density at radius 2 is 2.07 bits per heavy atom. The summed E-state index contributed by atoms with van der Waals surface area (Å²) in [6.45, 7) is 0.545. The number of aromatic nitrogens is 1. The van der Waals surface area contributed by atoms with E-state index in [1.807, 2.05) is 29.6 Å². The van der Waals surface area contributed by atoms with E-state index in [2.05, 4.69) is 20.9 Å². The molecule has 0 spiro atoms. The lowest BCUT2D eigenvalue weighted by atomic mass is 10.2. The van der Waals surface area contributed by atoms with E-state index >= 15 is 0 Å². The maximum absolute atomic E-state index is 5.54. The van der Waals surface area contributed by atoms with Gasteiger partial charge in [0, 0.05) is 11.9 Å². The van der Waals surface area contributed by atoms with E-state index in [1.165, 1.54) is 11.3 Å². The third kappa shape index (κ3) is 2.77. The van der Waals surface area contributed by atoms with Crippen LogP contribution in [0.25, 0.3) is 0 Å². The molecule has 78 valence electrons. The molecule has 0 aliphatic carbocycles. The molecule has 0 atom stereocenters. The molecular weight excluding hydrogens is 276 g/mol. The third-order valence-corrected chi connectivity index (χ3v) is 3.25. The Labute approximate surface area is 100 Å². The van der Waals surface area contributed by atoms with Crippen molar-refractivity contribution in [3.63, 3.8) is 0 Å². The molecule has 1 aromatic carbocycles. The molecule has 0 radical (unpaired) electrons. The molecule has 0 saturated carbocycles. The van der Waals surface area contributed by atoms with E-state index in [0.29, 0.717) is 11.7 Å². The Morgan fingerprint density at radius 1 is 1.33 bits per heavy atom. The maximum Gasteiger partial charge on any atom is 0.279 e. The summed E-state index contributed by atoms with van der Waals surface area (Å²) in [4.78, 5) is 4.14. The van der Waals surface area contributed by atoms with E-state index in [1.54, 1.807) is 0 Å². The van der Waals surface area contributed by atoms with Crippen LogP contribution >= 0.6 is 27.3 Å². The molecule has 2 N–H and O–H groups in total. The van der Waals surface area contributed by atoms with Crippen molar-refractivity contribution in [3.05, 3.63) is 39.8 Å². The van der Waals surface area contributed by atoms with E-state index in [9.17, 15) is 0 Å². The first-order valence-electron chi connectivity index (χ1n) is 4.36. The average molecular weight is 285 g/mol. The molecule has 0 fully saturated rings. The fourth-order valence-electron chi connectivity index (χ4n) is 1.08. The van der Waals surface area contributed by atoms with Gasteiger partial charge in [0.25, 0.3) is 5.19 Å². The highest BCUT2D eigenvalue weighted by Gasteiger charge is 2.01. The van der Waals surface area contributed by atoms with Crippen LogP contribution in [0.1, 0.15) is 5.56 Å². The number of thiazole rings is 1. The van der Waals surface area contributed by atoms with Gasteiger partial charge in [0.15, 0.2) is 0 Å². The lowest BCUT2D eigenvalue weighted by Crippen LogP contribution is -1.95. The summed E-state index contributed by atoms with van der Waals surface area (Å²) in [7, 11) is 0. The molecule has 15 heavy (non-hydrogen) atoms. The smallest absolute Gasteiger partial charge is 0.279 e. The van der Waals surface area contributed by atoms with Gasteiger partial charge in [0.2, 0.25) is 0 Å². The van der Waals surface area contributed by atoms with Crippen molar-refractivity contribution >= 4 is 27.3 Å². The summed E-state index contributed by atoms with van der Waals surface area (Å²) < 4.78 is 6.33. The quantitative estimate of drug-likeness (QED) is 0.942. The molecule has 0 saturated heterocycles. The fraction of sp³-hybridized carbons (Fsp3) is 0.100. The summed E-state index contributed by atoms with van der Waals surface area (Å²) in [6.07, 6.45) is 0. The highest BCUT2D eigenvalue weighted by Crippen LogP contribution is 2.27. The highest BCUT2D eigenvalue weighted by atomic mass is 79.9. The lowest BCUT2D eigenvalue weighted by Gasteiger charge is -2.02. The van der Waals surface area contributed by atoms with Crippen molar-refractivity contribution in [2.75, 3.05) is 0 Å². The SMILES string of the molecule is NCc1ccc(Oc2nc(Br)cs2)cc1. The van der Waals surface area contributed by atoms with Gasteiger partial charge in [-0.15, -0.1) is 0 Å². The van der Waals surface area contributed by atoms with Gasteiger partial charge in [-0.2, -0.15) is 4.98 Å². The van der Waals surface area contributed by atoms with Crippen molar-refractivity contribution in [2.24, 2.45) is 5.73 Å². The van der Waals surface area contributed by atoms with Crippen LogP contribution in [0, 0.1) is 0 Å². The second kappa shape index (κ2) is 4.74. The number of hydrogen-bond donors (Lipinski definition) is 1. The molecule has 0 bridgehead atoms. The number of nitrogens with zero attached hydrogens (tertiary/aromatic N) is 1. The number of benzene rings is 1. The van der Waals surface area contributed by atoms with E-state index in [0.717, 1.165) is 15.9 Å². The molecule has 5 heteroatoms. The van der Waals surface area contributed by atoms with E-state index in [4.69, 9.17) is 10.5 Å². The number of ether oxygens (including phenoxy) is 1. The minimum absolute atomic E-state index is 0.545. The zero-order chi connectivity index (χ0) is 10.7. The predicted molar refractivity (Wildman–Crippen MR) is 64.2 cm³/mol. The molecule has 0 aliphatic rings. The number of hydrogen-bond acceptors (Lipinski definition) is 4. The number of halogens is 1. The Balaban J connectivity index is 2.11. The molecule has 1 aromatic heterocycles. The van der Waals surface area contributed by atoms with Crippen LogP contribution in [0.15, 0.2) is 34.2 Å². The van der Waals surface area contributed by atoms with Crippen LogP contribution in [0.2, 0.25) is 0 Å².